The Hall–Kier alpha value is -2.62. The summed E-state index contributed by atoms with van der Waals surface area (Å²) in [4.78, 5) is 27.0. The molecule has 0 aliphatic carbocycles. The van der Waals surface area contributed by atoms with Gasteiger partial charge in [0.05, 0.1) is 5.92 Å². The van der Waals surface area contributed by atoms with Gasteiger partial charge in [-0.3, -0.25) is 4.79 Å². The van der Waals surface area contributed by atoms with Gasteiger partial charge in [0.2, 0.25) is 5.91 Å². The van der Waals surface area contributed by atoms with E-state index in [9.17, 15) is 27.9 Å². The van der Waals surface area contributed by atoms with Crippen LogP contribution in [0.1, 0.15) is 37.9 Å². The minimum absolute atomic E-state index is 0.104. The van der Waals surface area contributed by atoms with Crippen molar-refractivity contribution < 1.29 is 27.9 Å². The van der Waals surface area contributed by atoms with Crippen LogP contribution >= 0.6 is 11.3 Å². The monoisotopic (exact) mass is 415 g/mol. The molecule has 0 saturated carbocycles. The lowest BCUT2D eigenvalue weighted by molar-refractivity contribution is -0.143. The fourth-order valence-electron chi connectivity index (χ4n) is 2.38. The van der Waals surface area contributed by atoms with Crippen LogP contribution in [0, 0.1) is 5.92 Å². The summed E-state index contributed by atoms with van der Waals surface area (Å²) in [5.41, 5.74) is 0.205. The Morgan fingerprint density at radius 3 is 2.21 bits per heavy atom. The first-order valence-electron chi connectivity index (χ1n) is 8.42. The Kier molecular flexibility index (Phi) is 6.65. The zero-order chi connectivity index (χ0) is 21.1. The van der Waals surface area contributed by atoms with Gasteiger partial charge >= 0.3 is 12.1 Å². The number of amides is 1. The van der Waals surface area contributed by atoms with E-state index in [0.29, 0.717) is 11.3 Å². The Labute approximate surface area is 163 Å². The van der Waals surface area contributed by atoms with E-state index in [4.69, 9.17) is 0 Å². The second-order valence-corrected chi connectivity index (χ2v) is 7.43. The number of hydrogen-bond donors (Lipinski definition) is 3. The van der Waals surface area contributed by atoms with Crippen LogP contribution in [0.3, 0.4) is 0 Å². The van der Waals surface area contributed by atoms with Crippen molar-refractivity contribution in [1.82, 2.24) is 10.3 Å². The number of alkyl halides is 3. The molecule has 1 amide bonds. The van der Waals surface area contributed by atoms with Crippen LogP contribution in [0.25, 0.3) is 0 Å². The third kappa shape index (κ3) is 5.44. The SMILES string of the molecule is CC(C)C(NC(=O)[C@@H](C)c1ccc(Nc2nc(C(F)(F)F)cs2)cc1)C(=O)O. The number of hydrogen-bond acceptors (Lipinski definition) is 5. The maximum absolute atomic E-state index is 12.6. The first-order valence-corrected chi connectivity index (χ1v) is 9.30. The number of nitrogens with zero attached hydrogens (tertiary/aromatic N) is 1. The van der Waals surface area contributed by atoms with Crippen molar-refractivity contribution in [3.8, 4) is 0 Å². The molecule has 0 saturated heterocycles. The van der Waals surface area contributed by atoms with Crippen LogP contribution in [-0.2, 0) is 15.8 Å². The van der Waals surface area contributed by atoms with E-state index < -0.39 is 35.7 Å². The number of carbonyl (C=O) groups excluding carboxylic acids is 1. The van der Waals surface area contributed by atoms with Crippen LogP contribution in [0.15, 0.2) is 29.6 Å². The molecule has 3 N–H and O–H groups in total. The molecule has 6 nitrogen and oxygen atoms in total. The molecular weight excluding hydrogens is 395 g/mol. The van der Waals surface area contributed by atoms with Gasteiger partial charge in [-0.25, -0.2) is 9.78 Å². The first kappa shape index (κ1) is 21.7. The Morgan fingerprint density at radius 2 is 1.75 bits per heavy atom. The molecule has 1 aromatic carbocycles. The number of rotatable bonds is 7. The number of thiazole rings is 1. The van der Waals surface area contributed by atoms with Crippen LogP contribution < -0.4 is 10.6 Å². The molecule has 0 fully saturated rings. The normalized spacial score (nSPS) is 13.8. The molecule has 0 aliphatic heterocycles. The average molecular weight is 415 g/mol. The molecule has 2 aromatic rings. The van der Waals surface area contributed by atoms with Crippen molar-refractivity contribution in [2.75, 3.05) is 5.32 Å². The van der Waals surface area contributed by atoms with E-state index in [2.05, 4.69) is 15.6 Å². The lowest BCUT2D eigenvalue weighted by Gasteiger charge is -2.20. The van der Waals surface area contributed by atoms with Crippen LogP contribution in [0.5, 0.6) is 0 Å². The van der Waals surface area contributed by atoms with Crippen molar-refractivity contribution in [3.05, 3.63) is 40.9 Å². The van der Waals surface area contributed by atoms with Crippen molar-refractivity contribution in [3.63, 3.8) is 0 Å². The van der Waals surface area contributed by atoms with Gasteiger partial charge in [0.1, 0.15) is 6.04 Å². The van der Waals surface area contributed by atoms with Gasteiger partial charge < -0.3 is 15.7 Å². The second-order valence-electron chi connectivity index (χ2n) is 6.57. The number of anilines is 2. The molecule has 0 aliphatic rings. The number of aromatic nitrogens is 1. The number of aliphatic carboxylic acids is 1. The predicted octanol–water partition coefficient (Wildman–Crippen LogP) is 4.23. The van der Waals surface area contributed by atoms with Gasteiger partial charge in [-0.2, -0.15) is 13.2 Å². The third-order valence-corrected chi connectivity index (χ3v) is 4.84. The average Bonchev–Trinajstić information content (AvgIpc) is 3.07. The van der Waals surface area contributed by atoms with E-state index in [1.165, 1.54) is 0 Å². The molecule has 1 unspecified atom stereocenters. The van der Waals surface area contributed by atoms with E-state index in [1.54, 1.807) is 45.0 Å². The van der Waals surface area contributed by atoms with Gasteiger partial charge in [0, 0.05) is 11.1 Å². The summed E-state index contributed by atoms with van der Waals surface area (Å²) in [6.45, 7) is 5.05. The molecule has 1 heterocycles. The summed E-state index contributed by atoms with van der Waals surface area (Å²) in [5.74, 6) is -2.38. The summed E-state index contributed by atoms with van der Waals surface area (Å²) in [6.07, 6.45) is -4.49. The third-order valence-electron chi connectivity index (χ3n) is 4.08. The molecule has 28 heavy (non-hydrogen) atoms. The molecule has 1 aromatic heterocycles. The van der Waals surface area contributed by atoms with Gasteiger partial charge in [-0.05, 0) is 30.5 Å². The fourth-order valence-corrected chi connectivity index (χ4v) is 3.12. The smallest absolute Gasteiger partial charge is 0.434 e. The van der Waals surface area contributed by atoms with Crippen LogP contribution in [0.2, 0.25) is 0 Å². The van der Waals surface area contributed by atoms with Crippen molar-refractivity contribution >= 4 is 34.0 Å². The number of benzene rings is 1. The number of carboxylic acids is 1. The van der Waals surface area contributed by atoms with E-state index in [1.807, 2.05) is 0 Å². The molecule has 10 heteroatoms. The summed E-state index contributed by atoms with van der Waals surface area (Å²) in [5, 5.41) is 15.5. The largest absolute Gasteiger partial charge is 0.480 e. The molecule has 2 rings (SSSR count). The molecule has 0 spiro atoms. The highest BCUT2D eigenvalue weighted by Gasteiger charge is 2.33. The zero-order valence-corrected chi connectivity index (χ0v) is 16.2. The molecule has 0 bridgehead atoms. The summed E-state index contributed by atoms with van der Waals surface area (Å²) in [6, 6.07) is 5.55. The Bertz CT molecular complexity index is 835. The molecule has 0 radical (unpaired) electrons. The predicted molar refractivity (Wildman–Crippen MR) is 99.7 cm³/mol. The van der Waals surface area contributed by atoms with Gasteiger partial charge in [-0.1, -0.05) is 26.0 Å². The maximum atomic E-state index is 12.6. The highest BCUT2D eigenvalue weighted by molar-refractivity contribution is 7.13. The lowest BCUT2D eigenvalue weighted by atomic mass is 9.98. The standard InChI is InChI=1S/C18H20F3N3O3S/c1-9(2)14(16(26)27)24-15(25)10(3)11-4-6-12(7-5-11)22-17-23-13(8-28-17)18(19,20)21/h4-10,14H,1-3H3,(H,22,23)(H,24,25)(H,26,27)/t10-,14?/m0/s1. The van der Waals surface area contributed by atoms with Crippen LogP contribution in [-0.4, -0.2) is 28.0 Å². The second kappa shape index (κ2) is 8.59. The Balaban J connectivity index is 2.04. The van der Waals surface area contributed by atoms with Crippen LogP contribution in [0.4, 0.5) is 24.0 Å². The summed E-state index contributed by atoms with van der Waals surface area (Å²) >= 11 is 0.837. The van der Waals surface area contributed by atoms with Gasteiger partial charge in [0.25, 0.3) is 0 Å². The molecule has 152 valence electrons. The quantitative estimate of drug-likeness (QED) is 0.629. The topological polar surface area (TPSA) is 91.3 Å². The van der Waals surface area contributed by atoms with Crippen molar-refractivity contribution in [2.45, 2.75) is 38.9 Å². The van der Waals surface area contributed by atoms with Gasteiger partial charge in [-0.15, -0.1) is 11.3 Å². The Morgan fingerprint density at radius 1 is 1.14 bits per heavy atom. The highest BCUT2D eigenvalue weighted by Crippen LogP contribution is 2.32. The van der Waals surface area contributed by atoms with E-state index in [0.717, 1.165) is 16.7 Å². The first-order chi connectivity index (χ1) is 13.0. The van der Waals surface area contributed by atoms with Gasteiger partial charge in [0.15, 0.2) is 10.8 Å². The number of carboxylic acid groups (broad SMARTS) is 1. The van der Waals surface area contributed by atoms with E-state index in [-0.39, 0.29) is 11.0 Å². The fraction of sp³-hybridized carbons (Fsp3) is 0.389. The summed E-state index contributed by atoms with van der Waals surface area (Å²) in [7, 11) is 0. The number of nitrogens with one attached hydrogen (secondary N) is 2. The highest BCUT2D eigenvalue weighted by atomic mass is 32.1. The summed E-state index contributed by atoms with van der Waals surface area (Å²) < 4.78 is 37.8. The zero-order valence-electron chi connectivity index (χ0n) is 15.4. The maximum Gasteiger partial charge on any atom is 0.434 e. The minimum Gasteiger partial charge on any atom is -0.480 e. The lowest BCUT2D eigenvalue weighted by Crippen LogP contribution is -2.45. The molecular formula is C18H20F3N3O3S. The van der Waals surface area contributed by atoms with Crippen molar-refractivity contribution in [1.29, 1.82) is 0 Å². The number of carbonyl (C=O) groups is 2. The van der Waals surface area contributed by atoms with Crippen molar-refractivity contribution in [2.24, 2.45) is 5.92 Å². The molecule has 2 atom stereocenters. The van der Waals surface area contributed by atoms with E-state index >= 15 is 0 Å². The number of halogens is 3. The minimum atomic E-state index is -4.49.